The lowest BCUT2D eigenvalue weighted by Crippen LogP contribution is -2.46. The zero-order valence-corrected chi connectivity index (χ0v) is 16.6. The highest BCUT2D eigenvalue weighted by molar-refractivity contribution is 7.93. The summed E-state index contributed by atoms with van der Waals surface area (Å²) in [4.78, 5) is 22.6. The van der Waals surface area contributed by atoms with E-state index >= 15 is 0 Å². The zero-order chi connectivity index (χ0) is 20.1. The second-order valence-electron chi connectivity index (χ2n) is 6.92. The normalized spacial score (nSPS) is 12.1. The Morgan fingerprint density at radius 1 is 1.19 bits per heavy atom. The van der Waals surface area contributed by atoms with Crippen LogP contribution in [0.1, 0.15) is 31.4 Å². The number of benzene rings is 1. The molecule has 144 valence electrons. The number of aromatic nitrogens is 2. The number of amides is 1. The molecule has 7 nitrogen and oxygen atoms in total. The van der Waals surface area contributed by atoms with Crippen LogP contribution in [0, 0.1) is 0 Å². The Hall–Kier alpha value is -2.74. The molecule has 1 aromatic heterocycles. The van der Waals surface area contributed by atoms with Crippen LogP contribution in [0.15, 0.2) is 54.1 Å². The fraction of sp³-hybridized carbons (Fsp3) is 0.316. The van der Waals surface area contributed by atoms with Crippen molar-refractivity contribution in [1.82, 2.24) is 14.9 Å². The Bertz CT molecular complexity index is 919. The van der Waals surface area contributed by atoms with Crippen LogP contribution in [0.2, 0.25) is 0 Å². The lowest BCUT2D eigenvalue weighted by atomic mass is 10.1. The molecule has 0 atom stereocenters. The van der Waals surface area contributed by atoms with Crippen molar-refractivity contribution in [2.75, 3.05) is 12.8 Å². The second-order valence-corrected chi connectivity index (χ2v) is 8.85. The van der Waals surface area contributed by atoms with E-state index in [1.165, 1.54) is 17.2 Å². The van der Waals surface area contributed by atoms with E-state index in [9.17, 15) is 13.2 Å². The maximum atomic E-state index is 12.9. The molecule has 1 amide bonds. The van der Waals surface area contributed by atoms with Crippen molar-refractivity contribution in [3.8, 4) is 11.6 Å². The first-order chi connectivity index (χ1) is 12.6. The topological polar surface area (TPSA) is 89.5 Å². The van der Waals surface area contributed by atoms with Crippen molar-refractivity contribution >= 4 is 15.7 Å². The number of nitrogens with zero attached hydrogens (tertiary/aromatic N) is 3. The quantitative estimate of drug-likeness (QED) is 0.754. The van der Waals surface area contributed by atoms with E-state index in [4.69, 9.17) is 4.74 Å². The Morgan fingerprint density at radius 3 is 2.44 bits per heavy atom. The first-order valence-electron chi connectivity index (χ1n) is 8.31. The van der Waals surface area contributed by atoms with Gasteiger partial charge in [-0.25, -0.2) is 13.4 Å². The predicted octanol–water partition coefficient (Wildman–Crippen LogP) is 3.07. The molecular formula is C19H23N3O4S. The molecule has 0 aliphatic carbocycles. The molecule has 0 aliphatic heterocycles. The molecule has 27 heavy (non-hydrogen) atoms. The van der Waals surface area contributed by atoms with E-state index in [1.807, 2.05) is 39.0 Å². The van der Waals surface area contributed by atoms with Crippen molar-refractivity contribution in [2.45, 2.75) is 26.3 Å². The van der Waals surface area contributed by atoms with Gasteiger partial charge in [0.15, 0.2) is 9.84 Å². The van der Waals surface area contributed by atoms with Crippen LogP contribution in [0.3, 0.4) is 0 Å². The summed E-state index contributed by atoms with van der Waals surface area (Å²) in [6.07, 6.45) is 3.98. The van der Waals surface area contributed by atoms with Gasteiger partial charge in [0, 0.05) is 36.0 Å². The fourth-order valence-corrected chi connectivity index (χ4v) is 2.65. The van der Waals surface area contributed by atoms with Crippen molar-refractivity contribution in [3.05, 3.63) is 59.9 Å². The van der Waals surface area contributed by atoms with Gasteiger partial charge in [0.1, 0.15) is 5.75 Å². The number of ether oxygens (including phenoxy) is 1. The van der Waals surface area contributed by atoms with Gasteiger partial charge in [0.05, 0.1) is 0 Å². The summed E-state index contributed by atoms with van der Waals surface area (Å²) in [5, 5.41) is 1.08. The highest BCUT2D eigenvalue weighted by atomic mass is 32.2. The van der Waals surface area contributed by atoms with E-state index in [0.29, 0.717) is 5.75 Å². The summed E-state index contributed by atoms with van der Waals surface area (Å²) in [5.41, 5.74) is -0.557. The third-order valence-electron chi connectivity index (χ3n) is 3.47. The monoisotopic (exact) mass is 389 g/mol. The minimum atomic E-state index is -3.27. The van der Waals surface area contributed by atoms with Gasteiger partial charge in [0.25, 0.3) is 5.91 Å². The van der Waals surface area contributed by atoms with Gasteiger partial charge < -0.3 is 9.64 Å². The molecule has 0 spiro atoms. The molecule has 2 rings (SSSR count). The van der Waals surface area contributed by atoms with E-state index < -0.39 is 21.3 Å². The molecule has 1 aromatic carbocycles. The van der Waals surface area contributed by atoms with Gasteiger partial charge in [0.2, 0.25) is 11.7 Å². The predicted molar refractivity (Wildman–Crippen MR) is 103 cm³/mol. The van der Waals surface area contributed by atoms with Crippen LogP contribution in [0.4, 0.5) is 0 Å². The average molecular weight is 389 g/mol. The fourth-order valence-electron chi connectivity index (χ4n) is 2.22. The number of hydrogen-bond donors (Lipinski definition) is 0. The summed E-state index contributed by atoms with van der Waals surface area (Å²) in [6, 6.07) is 10.7. The minimum Gasteiger partial charge on any atom is -0.439 e. The van der Waals surface area contributed by atoms with Gasteiger partial charge in [-0.15, -0.1) is 0 Å². The van der Waals surface area contributed by atoms with Crippen molar-refractivity contribution in [2.24, 2.45) is 0 Å². The summed E-state index contributed by atoms with van der Waals surface area (Å²) < 4.78 is 28.2. The van der Waals surface area contributed by atoms with E-state index in [0.717, 1.165) is 11.7 Å². The van der Waals surface area contributed by atoms with Crippen molar-refractivity contribution in [3.63, 3.8) is 0 Å². The van der Waals surface area contributed by atoms with Crippen LogP contribution in [-0.4, -0.2) is 47.5 Å². The number of para-hydroxylation sites is 1. The molecule has 0 N–H and O–H groups in total. The maximum Gasteiger partial charge on any atom is 0.292 e. The number of sulfone groups is 1. The SMILES string of the molecule is CC(C)(C)N(C/C=C/S(C)(=O)=O)C(=O)c1nccc(Oc2ccccc2)n1. The number of rotatable bonds is 6. The zero-order valence-electron chi connectivity index (χ0n) is 15.8. The lowest BCUT2D eigenvalue weighted by Gasteiger charge is -2.34. The molecule has 0 aliphatic rings. The van der Waals surface area contributed by atoms with Crippen LogP contribution in [-0.2, 0) is 9.84 Å². The number of hydrogen-bond acceptors (Lipinski definition) is 6. The van der Waals surface area contributed by atoms with Crippen molar-refractivity contribution in [1.29, 1.82) is 0 Å². The Kier molecular flexibility index (Phi) is 6.32. The summed E-state index contributed by atoms with van der Waals surface area (Å²) in [5.74, 6) is 0.406. The van der Waals surface area contributed by atoms with Gasteiger partial charge in [-0.05, 0) is 32.9 Å². The summed E-state index contributed by atoms with van der Waals surface area (Å²) in [7, 11) is -3.27. The van der Waals surface area contributed by atoms with E-state index in [1.54, 1.807) is 18.2 Å². The van der Waals surface area contributed by atoms with Crippen LogP contribution < -0.4 is 4.74 Å². The Morgan fingerprint density at radius 2 is 1.85 bits per heavy atom. The van der Waals surface area contributed by atoms with Gasteiger partial charge in [-0.3, -0.25) is 4.79 Å². The largest absolute Gasteiger partial charge is 0.439 e. The molecule has 2 aromatic rings. The number of carbonyl (C=O) groups excluding carboxylic acids is 1. The summed E-state index contributed by atoms with van der Waals surface area (Å²) in [6.45, 7) is 5.67. The van der Waals surface area contributed by atoms with Crippen LogP contribution >= 0.6 is 0 Å². The first-order valence-corrected chi connectivity index (χ1v) is 10.3. The highest BCUT2D eigenvalue weighted by Crippen LogP contribution is 2.20. The van der Waals surface area contributed by atoms with E-state index in [2.05, 4.69) is 9.97 Å². The Labute approximate surface area is 159 Å². The van der Waals surface area contributed by atoms with Gasteiger partial charge in [-0.2, -0.15) is 4.98 Å². The van der Waals surface area contributed by atoms with Crippen LogP contribution in [0.25, 0.3) is 0 Å². The molecule has 0 fully saturated rings. The van der Waals surface area contributed by atoms with Gasteiger partial charge in [-0.1, -0.05) is 24.3 Å². The highest BCUT2D eigenvalue weighted by Gasteiger charge is 2.28. The third kappa shape index (κ3) is 6.49. The molecule has 0 bridgehead atoms. The van der Waals surface area contributed by atoms with Gasteiger partial charge >= 0.3 is 0 Å². The molecule has 0 unspecified atom stereocenters. The molecule has 0 saturated carbocycles. The molecule has 0 saturated heterocycles. The molecule has 1 heterocycles. The number of carbonyl (C=O) groups is 1. The minimum absolute atomic E-state index is 0.0221. The summed E-state index contributed by atoms with van der Waals surface area (Å²) >= 11 is 0. The average Bonchev–Trinajstić information content (AvgIpc) is 2.57. The first kappa shape index (κ1) is 20.6. The van der Waals surface area contributed by atoms with Crippen molar-refractivity contribution < 1.29 is 17.9 Å². The lowest BCUT2D eigenvalue weighted by molar-refractivity contribution is 0.0602. The standard InChI is InChI=1S/C19H23N3O4S/c1-19(2,3)22(13-8-14-27(4,24)25)18(23)17-20-12-11-16(21-17)26-15-9-6-5-7-10-15/h5-12,14H,13H2,1-4H3/b14-8+. The Balaban J connectivity index is 2.24. The third-order valence-corrected chi connectivity index (χ3v) is 4.16. The maximum absolute atomic E-state index is 12.9. The van der Waals surface area contributed by atoms with Crippen LogP contribution in [0.5, 0.6) is 11.6 Å². The molecular weight excluding hydrogens is 366 g/mol. The molecule has 8 heteroatoms. The molecule has 0 radical (unpaired) electrons. The smallest absolute Gasteiger partial charge is 0.292 e. The second kappa shape index (κ2) is 8.30. The van der Waals surface area contributed by atoms with E-state index in [-0.39, 0.29) is 18.2 Å².